The standard InChI is InChI=1S/C22H22FN5O4S2/c23-18-7-4-3-6-17(18)21-26-27-22(32-21)33-14-20(29)25-15-9-11-16(12-10-15)34(30,31)28-19-8-2-1-5-13-24-19/h3-4,6-7,9-12H,1-2,5,8,13-14H2,(H,24,28)(H,25,29). The first-order valence-corrected chi connectivity index (χ1v) is 13.0. The second-order valence-corrected chi connectivity index (χ2v) is 10.1. The van der Waals surface area contributed by atoms with Gasteiger partial charge >= 0.3 is 0 Å². The van der Waals surface area contributed by atoms with Gasteiger partial charge in [-0.1, -0.05) is 30.3 Å². The van der Waals surface area contributed by atoms with Crippen molar-refractivity contribution in [1.29, 1.82) is 0 Å². The number of carbonyl (C=O) groups is 1. The summed E-state index contributed by atoms with van der Waals surface area (Å²) >= 11 is 1.00. The highest BCUT2D eigenvalue weighted by atomic mass is 32.2. The minimum absolute atomic E-state index is 0.0274. The number of sulfonamides is 1. The van der Waals surface area contributed by atoms with E-state index in [1.54, 1.807) is 12.1 Å². The van der Waals surface area contributed by atoms with Gasteiger partial charge in [0.2, 0.25) is 5.91 Å². The molecule has 0 aliphatic carbocycles. The first-order chi connectivity index (χ1) is 16.4. The molecule has 0 atom stereocenters. The number of thioether (sulfide) groups is 1. The molecule has 12 heteroatoms. The summed E-state index contributed by atoms with van der Waals surface area (Å²) < 4.78 is 47.0. The molecule has 0 spiro atoms. The number of amidine groups is 1. The number of aliphatic imine (C=N–C) groups is 1. The van der Waals surface area contributed by atoms with Crippen molar-refractivity contribution in [1.82, 2.24) is 14.9 Å². The highest BCUT2D eigenvalue weighted by molar-refractivity contribution is 7.99. The first-order valence-electron chi connectivity index (χ1n) is 10.6. The Morgan fingerprint density at radius 3 is 2.65 bits per heavy atom. The van der Waals surface area contributed by atoms with E-state index < -0.39 is 15.8 Å². The Morgan fingerprint density at radius 1 is 1.06 bits per heavy atom. The quantitative estimate of drug-likeness (QED) is 0.469. The van der Waals surface area contributed by atoms with E-state index >= 15 is 0 Å². The second-order valence-electron chi connectivity index (χ2n) is 7.46. The summed E-state index contributed by atoms with van der Waals surface area (Å²) in [6, 6.07) is 11.9. The van der Waals surface area contributed by atoms with Crippen molar-refractivity contribution >= 4 is 39.2 Å². The van der Waals surface area contributed by atoms with Crippen molar-refractivity contribution in [3.63, 3.8) is 0 Å². The van der Waals surface area contributed by atoms with E-state index in [0.29, 0.717) is 24.5 Å². The maximum atomic E-state index is 13.8. The van der Waals surface area contributed by atoms with Gasteiger partial charge in [-0.25, -0.2) is 12.8 Å². The number of carbonyl (C=O) groups excluding carboxylic acids is 1. The average Bonchev–Trinajstić information content (AvgIpc) is 3.15. The van der Waals surface area contributed by atoms with Crippen LogP contribution < -0.4 is 10.0 Å². The zero-order valence-electron chi connectivity index (χ0n) is 18.0. The van der Waals surface area contributed by atoms with Crippen molar-refractivity contribution in [2.24, 2.45) is 4.99 Å². The lowest BCUT2D eigenvalue weighted by Crippen LogP contribution is -2.30. The molecule has 178 valence electrons. The normalized spacial score (nSPS) is 14.2. The van der Waals surface area contributed by atoms with Gasteiger partial charge in [-0.3, -0.25) is 14.5 Å². The van der Waals surface area contributed by atoms with E-state index in [-0.39, 0.29) is 33.2 Å². The Bertz CT molecular complexity index is 1290. The van der Waals surface area contributed by atoms with Crippen LogP contribution in [-0.2, 0) is 14.8 Å². The lowest BCUT2D eigenvalue weighted by Gasteiger charge is -2.10. The summed E-state index contributed by atoms with van der Waals surface area (Å²) in [4.78, 5) is 16.6. The van der Waals surface area contributed by atoms with Crippen molar-refractivity contribution < 1.29 is 22.0 Å². The predicted molar refractivity (Wildman–Crippen MR) is 127 cm³/mol. The molecular weight excluding hydrogens is 481 g/mol. The van der Waals surface area contributed by atoms with Crippen LogP contribution in [0.3, 0.4) is 0 Å². The van der Waals surface area contributed by atoms with Crippen LogP contribution in [-0.4, -0.2) is 42.7 Å². The summed E-state index contributed by atoms with van der Waals surface area (Å²) in [5.74, 6) is -0.354. The van der Waals surface area contributed by atoms with E-state index in [1.165, 1.54) is 36.4 Å². The maximum absolute atomic E-state index is 13.8. The van der Waals surface area contributed by atoms with Gasteiger partial charge in [-0.2, -0.15) is 0 Å². The second kappa shape index (κ2) is 10.8. The van der Waals surface area contributed by atoms with E-state index in [0.717, 1.165) is 31.0 Å². The Balaban J connectivity index is 1.31. The summed E-state index contributed by atoms with van der Waals surface area (Å²) in [6.45, 7) is 0.620. The van der Waals surface area contributed by atoms with Crippen LogP contribution >= 0.6 is 11.8 Å². The fraction of sp³-hybridized carbons (Fsp3) is 0.273. The third-order valence-electron chi connectivity index (χ3n) is 4.91. The van der Waals surface area contributed by atoms with Crippen molar-refractivity contribution in [2.45, 2.75) is 35.8 Å². The van der Waals surface area contributed by atoms with Gasteiger partial charge < -0.3 is 9.73 Å². The van der Waals surface area contributed by atoms with Crippen LogP contribution in [0, 0.1) is 5.82 Å². The molecule has 0 saturated carbocycles. The van der Waals surface area contributed by atoms with Crippen LogP contribution in [0.4, 0.5) is 10.1 Å². The SMILES string of the molecule is O=C(CSc1nnc(-c2ccccc2F)o1)Nc1ccc(S(=O)(=O)NC2=NCCCCC2)cc1. The third kappa shape index (κ3) is 6.20. The average molecular weight is 504 g/mol. The molecule has 2 N–H and O–H groups in total. The molecule has 0 bridgehead atoms. The molecule has 1 aromatic heterocycles. The monoisotopic (exact) mass is 503 g/mol. The zero-order chi connectivity index (χ0) is 24.0. The molecule has 2 heterocycles. The van der Waals surface area contributed by atoms with Crippen molar-refractivity contribution in [3.05, 3.63) is 54.3 Å². The van der Waals surface area contributed by atoms with E-state index in [9.17, 15) is 17.6 Å². The number of hydrogen-bond acceptors (Lipinski definition) is 8. The molecule has 0 radical (unpaired) electrons. The minimum atomic E-state index is -3.74. The predicted octanol–water partition coefficient (Wildman–Crippen LogP) is 3.86. The molecular formula is C22H22FN5O4S2. The van der Waals surface area contributed by atoms with Gasteiger partial charge in [0.1, 0.15) is 11.7 Å². The first kappa shape index (κ1) is 23.9. The van der Waals surface area contributed by atoms with E-state index in [2.05, 4.69) is 25.2 Å². The van der Waals surface area contributed by atoms with Gasteiger partial charge in [-0.15, -0.1) is 10.2 Å². The van der Waals surface area contributed by atoms with E-state index in [4.69, 9.17) is 4.42 Å². The molecule has 1 amide bonds. The summed E-state index contributed by atoms with van der Waals surface area (Å²) in [7, 11) is -3.74. The van der Waals surface area contributed by atoms with Gasteiger partial charge in [0.05, 0.1) is 16.2 Å². The number of halogens is 1. The molecule has 0 fully saturated rings. The number of aromatic nitrogens is 2. The number of nitrogens with zero attached hydrogens (tertiary/aromatic N) is 3. The maximum Gasteiger partial charge on any atom is 0.277 e. The van der Waals surface area contributed by atoms with Gasteiger partial charge in [0, 0.05) is 18.7 Å². The fourth-order valence-corrected chi connectivity index (χ4v) is 4.88. The fourth-order valence-electron chi connectivity index (χ4n) is 3.22. The van der Waals surface area contributed by atoms with Crippen molar-refractivity contribution in [2.75, 3.05) is 17.6 Å². The Kier molecular flexibility index (Phi) is 7.58. The number of benzene rings is 2. The number of anilines is 1. The topological polar surface area (TPSA) is 127 Å². The summed E-state index contributed by atoms with van der Waals surface area (Å²) in [5.41, 5.74) is 0.621. The molecule has 34 heavy (non-hydrogen) atoms. The lowest BCUT2D eigenvalue weighted by molar-refractivity contribution is -0.113. The zero-order valence-corrected chi connectivity index (χ0v) is 19.7. The number of rotatable bonds is 7. The van der Waals surface area contributed by atoms with E-state index in [1.807, 2.05) is 0 Å². The molecule has 2 aromatic carbocycles. The third-order valence-corrected chi connectivity index (χ3v) is 7.13. The minimum Gasteiger partial charge on any atom is -0.411 e. The Hall–Kier alpha value is -3.25. The lowest BCUT2D eigenvalue weighted by atomic mass is 10.2. The molecule has 3 aromatic rings. The van der Waals surface area contributed by atoms with Gasteiger partial charge in [0.25, 0.3) is 21.1 Å². The largest absolute Gasteiger partial charge is 0.411 e. The molecule has 4 rings (SSSR count). The molecule has 1 aliphatic rings. The Morgan fingerprint density at radius 2 is 1.85 bits per heavy atom. The number of hydrogen-bond donors (Lipinski definition) is 2. The van der Waals surface area contributed by atoms with Crippen LogP contribution in [0.1, 0.15) is 25.7 Å². The van der Waals surface area contributed by atoms with Crippen LogP contribution in [0.25, 0.3) is 11.5 Å². The summed E-state index contributed by atoms with van der Waals surface area (Å²) in [5, 5.41) is 10.4. The molecule has 9 nitrogen and oxygen atoms in total. The smallest absolute Gasteiger partial charge is 0.277 e. The Labute approximate surface area is 200 Å². The highest BCUT2D eigenvalue weighted by Gasteiger charge is 2.18. The van der Waals surface area contributed by atoms with Crippen LogP contribution in [0.5, 0.6) is 0 Å². The molecule has 0 saturated heterocycles. The van der Waals surface area contributed by atoms with Crippen LogP contribution in [0.15, 0.2) is 68.1 Å². The highest BCUT2D eigenvalue weighted by Crippen LogP contribution is 2.25. The number of amides is 1. The number of nitrogens with one attached hydrogen (secondary N) is 2. The van der Waals surface area contributed by atoms with Crippen molar-refractivity contribution in [3.8, 4) is 11.5 Å². The van der Waals surface area contributed by atoms with Gasteiger partial charge in [-0.05, 0) is 49.2 Å². The molecule has 1 aliphatic heterocycles. The summed E-state index contributed by atoms with van der Waals surface area (Å²) in [6.07, 6.45) is 3.49. The van der Waals surface area contributed by atoms with Gasteiger partial charge in [0.15, 0.2) is 0 Å². The molecule has 0 unspecified atom stereocenters. The van der Waals surface area contributed by atoms with Crippen LogP contribution in [0.2, 0.25) is 0 Å².